The fourth-order valence-corrected chi connectivity index (χ4v) is 3.18. The molecule has 0 atom stereocenters. The summed E-state index contributed by atoms with van der Waals surface area (Å²) in [6.45, 7) is 4.22. The number of hydrogen-bond acceptors (Lipinski definition) is 3. The molecule has 0 saturated carbocycles. The quantitative estimate of drug-likeness (QED) is 0.446. The smallest absolute Gasteiger partial charge is 0.266 e. The van der Waals surface area contributed by atoms with Crippen molar-refractivity contribution in [3.63, 3.8) is 0 Å². The number of carbonyl (C=O) groups excluding carboxylic acids is 1. The largest absolute Gasteiger partial charge is 0.493 e. The number of nitriles is 1. The summed E-state index contributed by atoms with van der Waals surface area (Å²) in [5.41, 5.74) is 2.13. The summed E-state index contributed by atoms with van der Waals surface area (Å²) in [5, 5.41) is 14.9. The number of nitrogens with zero attached hydrogens (tertiary/aromatic N) is 1. The molecule has 4 nitrogen and oxygen atoms in total. The number of rotatable bonds is 5. The molecule has 5 heteroatoms. The number of halogens is 1. The Balaban J connectivity index is 2.03. The highest BCUT2D eigenvalue weighted by Crippen LogP contribution is 2.30. The molecular formula is C23H19ClN2O2. The predicted molar refractivity (Wildman–Crippen MR) is 114 cm³/mol. The summed E-state index contributed by atoms with van der Waals surface area (Å²) in [4.78, 5) is 12.7. The summed E-state index contributed by atoms with van der Waals surface area (Å²) >= 11 is 5.96. The van der Waals surface area contributed by atoms with Crippen molar-refractivity contribution in [2.75, 3.05) is 11.9 Å². The van der Waals surface area contributed by atoms with E-state index < -0.39 is 5.91 Å². The Hall–Kier alpha value is -3.29. The molecule has 0 unspecified atom stereocenters. The van der Waals surface area contributed by atoms with E-state index in [1.165, 1.54) is 0 Å². The van der Waals surface area contributed by atoms with Gasteiger partial charge in [-0.25, -0.2) is 0 Å². The van der Waals surface area contributed by atoms with Crippen LogP contribution in [0.3, 0.4) is 0 Å². The molecule has 140 valence electrons. The number of carbonyl (C=O) groups is 1. The summed E-state index contributed by atoms with van der Waals surface area (Å²) in [6, 6.07) is 18.8. The highest BCUT2D eigenvalue weighted by atomic mass is 35.5. The monoisotopic (exact) mass is 390 g/mol. The van der Waals surface area contributed by atoms with Crippen molar-refractivity contribution in [3.05, 3.63) is 76.3 Å². The first-order valence-corrected chi connectivity index (χ1v) is 9.25. The second kappa shape index (κ2) is 8.60. The second-order valence-electron chi connectivity index (χ2n) is 6.21. The molecule has 3 aromatic carbocycles. The molecule has 0 spiro atoms. The number of ether oxygens (including phenoxy) is 1. The molecule has 3 rings (SSSR count). The molecule has 1 N–H and O–H groups in total. The fourth-order valence-electron chi connectivity index (χ4n) is 2.96. The van der Waals surface area contributed by atoms with Gasteiger partial charge in [-0.05, 0) is 60.5 Å². The van der Waals surface area contributed by atoms with E-state index in [9.17, 15) is 10.1 Å². The van der Waals surface area contributed by atoms with Gasteiger partial charge < -0.3 is 10.1 Å². The van der Waals surface area contributed by atoms with E-state index in [-0.39, 0.29) is 5.57 Å². The summed E-state index contributed by atoms with van der Waals surface area (Å²) in [6.07, 6.45) is 1.58. The molecule has 0 bridgehead atoms. The van der Waals surface area contributed by atoms with Gasteiger partial charge in [-0.3, -0.25) is 4.79 Å². The van der Waals surface area contributed by atoms with E-state index in [4.69, 9.17) is 16.3 Å². The Morgan fingerprint density at radius 2 is 2.00 bits per heavy atom. The minimum atomic E-state index is -0.483. The lowest BCUT2D eigenvalue weighted by Gasteiger charge is -2.12. The number of hydrogen-bond donors (Lipinski definition) is 1. The third kappa shape index (κ3) is 4.16. The number of benzene rings is 3. The Morgan fingerprint density at radius 3 is 2.71 bits per heavy atom. The number of amides is 1. The lowest BCUT2D eigenvalue weighted by molar-refractivity contribution is -0.112. The van der Waals surface area contributed by atoms with Gasteiger partial charge in [-0.2, -0.15) is 5.26 Å². The number of aryl methyl sites for hydroxylation is 1. The van der Waals surface area contributed by atoms with Crippen molar-refractivity contribution >= 4 is 40.0 Å². The molecule has 0 aromatic heterocycles. The molecule has 1 amide bonds. The van der Waals surface area contributed by atoms with Gasteiger partial charge in [0.05, 0.1) is 6.61 Å². The van der Waals surface area contributed by atoms with Crippen LogP contribution in [0.15, 0.2) is 60.2 Å². The van der Waals surface area contributed by atoms with E-state index >= 15 is 0 Å². The Kier molecular flexibility index (Phi) is 5.98. The topological polar surface area (TPSA) is 62.1 Å². The number of nitrogens with one attached hydrogen (secondary N) is 1. The summed E-state index contributed by atoms with van der Waals surface area (Å²) in [5.74, 6) is 0.146. The Morgan fingerprint density at radius 1 is 1.21 bits per heavy atom. The highest BCUT2D eigenvalue weighted by molar-refractivity contribution is 6.30. The average Bonchev–Trinajstić information content (AvgIpc) is 2.69. The summed E-state index contributed by atoms with van der Waals surface area (Å²) in [7, 11) is 0. The van der Waals surface area contributed by atoms with Crippen LogP contribution in [0.1, 0.15) is 18.1 Å². The van der Waals surface area contributed by atoms with Gasteiger partial charge in [0.15, 0.2) is 0 Å². The lowest BCUT2D eigenvalue weighted by atomic mass is 10.0. The van der Waals surface area contributed by atoms with Gasteiger partial charge in [0.25, 0.3) is 5.91 Å². The third-order valence-electron chi connectivity index (χ3n) is 4.32. The van der Waals surface area contributed by atoms with Crippen LogP contribution >= 0.6 is 11.6 Å². The van der Waals surface area contributed by atoms with Crippen molar-refractivity contribution in [1.82, 2.24) is 0 Å². The van der Waals surface area contributed by atoms with Crippen LogP contribution in [-0.2, 0) is 4.79 Å². The molecule has 0 aliphatic rings. The van der Waals surface area contributed by atoms with Crippen LogP contribution in [0.2, 0.25) is 5.02 Å². The third-order valence-corrected chi connectivity index (χ3v) is 4.56. The van der Waals surface area contributed by atoms with Crippen LogP contribution in [0.4, 0.5) is 5.69 Å². The SMILES string of the molecule is CCOc1ccc2ccccc2c1/C=C(\C#N)C(=O)Nc1ccc(Cl)cc1C. The first kappa shape index (κ1) is 19.5. The van der Waals surface area contributed by atoms with E-state index in [1.54, 1.807) is 24.3 Å². The maximum Gasteiger partial charge on any atom is 0.266 e. The zero-order valence-electron chi connectivity index (χ0n) is 15.6. The van der Waals surface area contributed by atoms with Crippen molar-refractivity contribution in [2.45, 2.75) is 13.8 Å². The predicted octanol–water partition coefficient (Wildman–Crippen LogP) is 5.75. The van der Waals surface area contributed by atoms with Crippen LogP contribution in [0.25, 0.3) is 16.8 Å². The van der Waals surface area contributed by atoms with Crippen molar-refractivity contribution in [1.29, 1.82) is 5.26 Å². The van der Waals surface area contributed by atoms with Crippen LogP contribution in [-0.4, -0.2) is 12.5 Å². The van der Waals surface area contributed by atoms with Crippen LogP contribution in [0, 0.1) is 18.3 Å². The molecule has 0 radical (unpaired) electrons. The van der Waals surface area contributed by atoms with Gasteiger partial charge in [0, 0.05) is 16.3 Å². The zero-order valence-corrected chi connectivity index (χ0v) is 16.4. The van der Waals surface area contributed by atoms with E-state index in [2.05, 4.69) is 5.32 Å². The first-order chi connectivity index (χ1) is 13.5. The van der Waals surface area contributed by atoms with Gasteiger partial charge in [0.2, 0.25) is 0 Å². The normalized spacial score (nSPS) is 11.1. The number of anilines is 1. The molecule has 0 saturated heterocycles. The Labute approximate surface area is 169 Å². The highest BCUT2D eigenvalue weighted by Gasteiger charge is 2.14. The Bertz CT molecular complexity index is 1110. The van der Waals surface area contributed by atoms with Gasteiger partial charge in [-0.15, -0.1) is 0 Å². The standard InChI is InChI=1S/C23H19ClN2O2/c1-3-28-22-11-8-16-6-4-5-7-19(16)20(22)13-17(14-25)23(27)26-21-10-9-18(24)12-15(21)2/h4-13H,3H2,1-2H3,(H,26,27)/b17-13+. The van der Waals surface area contributed by atoms with Gasteiger partial charge >= 0.3 is 0 Å². The molecule has 0 aliphatic carbocycles. The summed E-state index contributed by atoms with van der Waals surface area (Å²) < 4.78 is 5.72. The first-order valence-electron chi connectivity index (χ1n) is 8.87. The maximum atomic E-state index is 12.7. The fraction of sp³-hybridized carbons (Fsp3) is 0.130. The molecule has 0 fully saturated rings. The van der Waals surface area contributed by atoms with Crippen molar-refractivity contribution in [2.24, 2.45) is 0 Å². The van der Waals surface area contributed by atoms with Crippen LogP contribution < -0.4 is 10.1 Å². The molecule has 0 aliphatic heterocycles. The molecule has 3 aromatic rings. The molecule has 0 heterocycles. The zero-order chi connectivity index (χ0) is 20.1. The minimum Gasteiger partial charge on any atom is -0.493 e. The molecule has 28 heavy (non-hydrogen) atoms. The van der Waals surface area contributed by atoms with Crippen molar-refractivity contribution < 1.29 is 9.53 Å². The maximum absolute atomic E-state index is 12.7. The van der Waals surface area contributed by atoms with E-state index in [0.717, 1.165) is 16.3 Å². The van der Waals surface area contributed by atoms with Gasteiger partial charge in [-0.1, -0.05) is 41.9 Å². The van der Waals surface area contributed by atoms with E-state index in [0.29, 0.717) is 28.6 Å². The average molecular weight is 391 g/mol. The van der Waals surface area contributed by atoms with Gasteiger partial charge in [0.1, 0.15) is 17.4 Å². The molecular weight excluding hydrogens is 372 g/mol. The second-order valence-corrected chi connectivity index (χ2v) is 6.65. The van der Waals surface area contributed by atoms with E-state index in [1.807, 2.05) is 56.3 Å². The van der Waals surface area contributed by atoms with Crippen LogP contribution in [0.5, 0.6) is 5.75 Å². The van der Waals surface area contributed by atoms with Crippen molar-refractivity contribution in [3.8, 4) is 11.8 Å². The lowest BCUT2D eigenvalue weighted by Crippen LogP contribution is -2.14. The number of fused-ring (bicyclic) bond motifs is 1. The minimum absolute atomic E-state index is 0.00773.